The Morgan fingerprint density at radius 2 is 1.52 bits per heavy atom. The first-order valence-corrected chi connectivity index (χ1v) is 9.13. The van der Waals surface area contributed by atoms with Crippen molar-refractivity contribution in [1.82, 2.24) is 4.90 Å². The zero-order valence-corrected chi connectivity index (χ0v) is 15.9. The molecule has 0 fully saturated rings. The maximum Gasteiger partial charge on any atom is 0.410 e. The Labute approximate surface area is 159 Å². The number of carbonyl (C=O) groups is 2. The van der Waals surface area contributed by atoms with Crippen molar-refractivity contribution in [2.45, 2.75) is 38.6 Å². The Bertz CT molecular complexity index is 808. The summed E-state index contributed by atoms with van der Waals surface area (Å²) >= 11 is 0. The van der Waals surface area contributed by atoms with Gasteiger partial charge in [0, 0.05) is 18.0 Å². The van der Waals surface area contributed by atoms with Crippen LogP contribution in [0.5, 0.6) is 0 Å². The van der Waals surface area contributed by atoms with Crippen molar-refractivity contribution in [2.75, 3.05) is 13.2 Å². The van der Waals surface area contributed by atoms with Crippen LogP contribution in [0.4, 0.5) is 4.79 Å². The number of carbonyl (C=O) groups excluding carboxylic acids is 1. The van der Waals surface area contributed by atoms with Crippen LogP contribution in [0, 0.1) is 0 Å². The molecule has 2 aromatic rings. The van der Waals surface area contributed by atoms with E-state index in [4.69, 9.17) is 9.84 Å². The fourth-order valence-electron chi connectivity index (χ4n) is 3.58. The molecule has 1 amide bonds. The van der Waals surface area contributed by atoms with Crippen LogP contribution in [-0.2, 0) is 9.53 Å². The molecule has 0 spiro atoms. The van der Waals surface area contributed by atoms with Gasteiger partial charge in [-0.25, -0.2) is 4.79 Å². The van der Waals surface area contributed by atoms with Crippen LogP contribution in [0.3, 0.4) is 0 Å². The number of hydrogen-bond donors (Lipinski definition) is 1. The highest BCUT2D eigenvalue weighted by molar-refractivity contribution is 5.79. The van der Waals surface area contributed by atoms with Crippen molar-refractivity contribution in [3.8, 4) is 11.1 Å². The van der Waals surface area contributed by atoms with E-state index in [0.29, 0.717) is 0 Å². The number of rotatable bonds is 5. The molecule has 0 atom stereocenters. The molecule has 5 heteroatoms. The quantitative estimate of drug-likeness (QED) is 0.844. The van der Waals surface area contributed by atoms with Crippen LogP contribution >= 0.6 is 0 Å². The first-order chi connectivity index (χ1) is 12.8. The van der Waals surface area contributed by atoms with Crippen LogP contribution in [0.2, 0.25) is 0 Å². The van der Waals surface area contributed by atoms with Gasteiger partial charge in [0.2, 0.25) is 0 Å². The summed E-state index contributed by atoms with van der Waals surface area (Å²) in [7, 11) is 0. The molecule has 3 rings (SSSR count). The minimum Gasteiger partial charge on any atom is -0.481 e. The van der Waals surface area contributed by atoms with E-state index in [1.165, 1.54) is 16.0 Å². The van der Waals surface area contributed by atoms with Gasteiger partial charge < -0.3 is 14.7 Å². The number of amides is 1. The summed E-state index contributed by atoms with van der Waals surface area (Å²) in [5.74, 6) is -0.946. The Hall–Kier alpha value is -2.82. The minimum absolute atomic E-state index is 0.0114. The van der Waals surface area contributed by atoms with Gasteiger partial charge in [0.1, 0.15) is 6.61 Å². The summed E-state index contributed by atoms with van der Waals surface area (Å²) in [6, 6.07) is 16.3. The van der Waals surface area contributed by atoms with Crippen LogP contribution in [0.1, 0.15) is 44.2 Å². The predicted molar refractivity (Wildman–Crippen MR) is 104 cm³/mol. The van der Waals surface area contributed by atoms with E-state index in [9.17, 15) is 9.59 Å². The Kier molecular flexibility index (Phi) is 5.22. The van der Waals surface area contributed by atoms with E-state index in [-0.39, 0.29) is 25.5 Å². The molecular weight excluding hydrogens is 342 g/mol. The summed E-state index contributed by atoms with van der Waals surface area (Å²) in [6.07, 6.45) is -0.591. The maximum absolute atomic E-state index is 12.7. The molecular formula is C22H25NO4. The van der Waals surface area contributed by atoms with Gasteiger partial charge in [-0.3, -0.25) is 4.79 Å². The third-order valence-electron chi connectivity index (χ3n) is 4.92. The second kappa shape index (κ2) is 7.43. The third kappa shape index (κ3) is 3.97. The van der Waals surface area contributed by atoms with Crippen molar-refractivity contribution < 1.29 is 19.4 Å². The molecule has 0 radical (unpaired) electrons. The molecule has 0 saturated heterocycles. The van der Waals surface area contributed by atoms with Gasteiger partial charge in [-0.05, 0) is 43.0 Å². The van der Waals surface area contributed by atoms with E-state index < -0.39 is 17.6 Å². The molecule has 1 aliphatic carbocycles. The molecule has 0 aliphatic heterocycles. The highest BCUT2D eigenvalue weighted by atomic mass is 16.6. The summed E-state index contributed by atoms with van der Waals surface area (Å²) in [5, 5.41) is 8.95. The SMILES string of the molecule is CC(C)(C)N(CCC(=O)O)C(=O)OCC1c2ccccc2-c2ccccc21. The fraction of sp³-hybridized carbons (Fsp3) is 0.364. The standard InChI is InChI=1S/C22H25NO4/c1-22(2,3)23(13-12-20(24)25)21(26)27-14-19-17-10-6-4-8-15(17)16-9-5-7-11-18(16)19/h4-11,19H,12-14H2,1-3H3,(H,24,25). The molecule has 0 heterocycles. The zero-order valence-electron chi connectivity index (χ0n) is 15.9. The van der Waals surface area contributed by atoms with Gasteiger partial charge in [0.25, 0.3) is 0 Å². The normalized spacial score (nSPS) is 13.0. The molecule has 0 unspecified atom stereocenters. The largest absolute Gasteiger partial charge is 0.481 e. The van der Waals surface area contributed by atoms with Crippen molar-refractivity contribution in [2.24, 2.45) is 0 Å². The van der Waals surface area contributed by atoms with Crippen LogP contribution < -0.4 is 0 Å². The summed E-state index contributed by atoms with van der Waals surface area (Å²) in [5.41, 5.74) is 4.14. The van der Waals surface area contributed by atoms with Crippen LogP contribution in [0.25, 0.3) is 11.1 Å². The van der Waals surface area contributed by atoms with E-state index in [2.05, 4.69) is 24.3 Å². The van der Waals surface area contributed by atoms with Gasteiger partial charge in [-0.2, -0.15) is 0 Å². The van der Waals surface area contributed by atoms with Gasteiger partial charge in [-0.1, -0.05) is 48.5 Å². The lowest BCUT2D eigenvalue weighted by atomic mass is 9.98. The minimum atomic E-state index is -0.935. The molecule has 27 heavy (non-hydrogen) atoms. The molecule has 1 aliphatic rings. The average Bonchev–Trinajstić information content (AvgIpc) is 2.93. The van der Waals surface area contributed by atoms with Crippen molar-refractivity contribution in [3.05, 3.63) is 59.7 Å². The van der Waals surface area contributed by atoms with Gasteiger partial charge >= 0.3 is 12.1 Å². The fourth-order valence-corrected chi connectivity index (χ4v) is 3.58. The molecule has 0 aromatic heterocycles. The Balaban J connectivity index is 1.77. The summed E-state index contributed by atoms with van der Waals surface area (Å²) < 4.78 is 5.65. The molecule has 2 aromatic carbocycles. The number of fused-ring (bicyclic) bond motifs is 3. The number of ether oxygens (including phenoxy) is 1. The lowest BCUT2D eigenvalue weighted by molar-refractivity contribution is -0.137. The van der Waals surface area contributed by atoms with Crippen LogP contribution in [-0.4, -0.2) is 40.8 Å². The molecule has 0 saturated carbocycles. The zero-order chi connectivity index (χ0) is 19.6. The van der Waals surface area contributed by atoms with E-state index >= 15 is 0 Å². The summed E-state index contributed by atoms with van der Waals surface area (Å²) in [4.78, 5) is 25.1. The van der Waals surface area contributed by atoms with E-state index in [0.717, 1.165) is 11.1 Å². The topological polar surface area (TPSA) is 66.8 Å². The van der Waals surface area contributed by atoms with E-state index in [1.54, 1.807) is 0 Å². The average molecular weight is 367 g/mol. The lowest BCUT2D eigenvalue weighted by Gasteiger charge is -2.34. The highest BCUT2D eigenvalue weighted by Crippen LogP contribution is 2.44. The van der Waals surface area contributed by atoms with Gasteiger partial charge in [-0.15, -0.1) is 0 Å². The highest BCUT2D eigenvalue weighted by Gasteiger charge is 2.32. The van der Waals surface area contributed by atoms with E-state index in [1.807, 2.05) is 45.0 Å². The molecule has 5 nitrogen and oxygen atoms in total. The number of carboxylic acid groups (broad SMARTS) is 1. The number of aliphatic carboxylic acids is 1. The molecule has 0 bridgehead atoms. The van der Waals surface area contributed by atoms with Gasteiger partial charge in [0.05, 0.1) is 6.42 Å². The number of hydrogen-bond acceptors (Lipinski definition) is 3. The third-order valence-corrected chi connectivity index (χ3v) is 4.92. The first-order valence-electron chi connectivity index (χ1n) is 9.13. The predicted octanol–water partition coefficient (Wildman–Crippen LogP) is 4.51. The monoisotopic (exact) mass is 367 g/mol. The van der Waals surface area contributed by atoms with Crippen molar-refractivity contribution >= 4 is 12.1 Å². The molecule has 1 N–H and O–H groups in total. The summed E-state index contributed by atoms with van der Waals surface area (Å²) in [6.45, 7) is 5.96. The first kappa shape index (κ1) is 19.0. The second-order valence-electron chi connectivity index (χ2n) is 7.77. The number of benzene rings is 2. The Morgan fingerprint density at radius 3 is 2.00 bits per heavy atom. The lowest BCUT2D eigenvalue weighted by Crippen LogP contribution is -2.47. The number of nitrogens with zero attached hydrogens (tertiary/aromatic N) is 1. The Morgan fingerprint density at radius 1 is 1.00 bits per heavy atom. The maximum atomic E-state index is 12.7. The number of carboxylic acids is 1. The van der Waals surface area contributed by atoms with Crippen molar-refractivity contribution in [1.29, 1.82) is 0 Å². The smallest absolute Gasteiger partial charge is 0.410 e. The van der Waals surface area contributed by atoms with Gasteiger partial charge in [0.15, 0.2) is 0 Å². The second-order valence-corrected chi connectivity index (χ2v) is 7.77. The van der Waals surface area contributed by atoms with Crippen LogP contribution in [0.15, 0.2) is 48.5 Å². The molecule has 142 valence electrons. The van der Waals surface area contributed by atoms with Crippen molar-refractivity contribution in [3.63, 3.8) is 0 Å².